The number of rotatable bonds is 10. The highest BCUT2D eigenvalue weighted by Crippen LogP contribution is 2.24. The van der Waals surface area contributed by atoms with Crippen LogP contribution in [0.4, 0.5) is 5.69 Å². The van der Waals surface area contributed by atoms with E-state index in [1.807, 2.05) is 24.3 Å². The van der Waals surface area contributed by atoms with E-state index in [9.17, 15) is 9.00 Å². The highest BCUT2D eigenvalue weighted by atomic mass is 32.2. The van der Waals surface area contributed by atoms with Crippen molar-refractivity contribution in [1.82, 2.24) is 0 Å². The predicted octanol–water partition coefficient (Wildman–Crippen LogP) is 4.12. The van der Waals surface area contributed by atoms with Gasteiger partial charge in [-0.25, -0.2) is 0 Å². The van der Waals surface area contributed by atoms with Crippen LogP contribution in [0.3, 0.4) is 0 Å². The number of benzene rings is 1. The van der Waals surface area contributed by atoms with Gasteiger partial charge in [0.1, 0.15) is 0 Å². The monoisotopic (exact) mass is 364 g/mol. The topological polar surface area (TPSA) is 72.2 Å². The number of unbranched alkanes of at least 4 members (excludes halogenated alkanes) is 3. The fourth-order valence-corrected chi connectivity index (χ4v) is 4.96. The number of amides is 1. The van der Waals surface area contributed by atoms with Crippen LogP contribution in [0.5, 0.6) is 0 Å². The first kappa shape index (κ1) is 20.1. The second kappa shape index (κ2) is 11.4. The molecule has 1 unspecified atom stereocenters. The lowest BCUT2D eigenvalue weighted by Gasteiger charge is -2.21. The highest BCUT2D eigenvalue weighted by Gasteiger charge is 2.19. The van der Waals surface area contributed by atoms with E-state index in [4.69, 9.17) is 5.73 Å². The van der Waals surface area contributed by atoms with Crippen LogP contribution < -0.4 is 11.1 Å². The molecule has 0 bridgehead atoms. The maximum atomic E-state index is 12.5. The fourth-order valence-electron chi connectivity index (χ4n) is 3.36. The molecule has 1 fully saturated rings. The molecule has 140 valence electrons. The number of hydrogen-bond donors (Lipinski definition) is 2. The van der Waals surface area contributed by atoms with Gasteiger partial charge in [-0.05, 0) is 49.9 Å². The van der Waals surface area contributed by atoms with Crippen LogP contribution in [-0.4, -0.2) is 21.9 Å². The lowest BCUT2D eigenvalue weighted by molar-refractivity contribution is -0.116. The van der Waals surface area contributed by atoms with Crippen molar-refractivity contribution in [2.45, 2.75) is 75.2 Å². The van der Waals surface area contributed by atoms with Crippen LogP contribution in [0, 0.1) is 0 Å². The van der Waals surface area contributed by atoms with Crippen LogP contribution in [0.25, 0.3) is 0 Å². The molecule has 1 aromatic carbocycles. The molecule has 4 nitrogen and oxygen atoms in total. The van der Waals surface area contributed by atoms with E-state index in [1.165, 1.54) is 19.3 Å². The Kier molecular flexibility index (Phi) is 9.19. The summed E-state index contributed by atoms with van der Waals surface area (Å²) in [6, 6.07) is 7.81. The van der Waals surface area contributed by atoms with Crippen LogP contribution in [0.15, 0.2) is 24.3 Å². The van der Waals surface area contributed by atoms with Crippen molar-refractivity contribution < 1.29 is 9.00 Å². The Labute approximate surface area is 154 Å². The van der Waals surface area contributed by atoms with Crippen molar-refractivity contribution in [3.8, 4) is 0 Å². The average Bonchev–Trinajstić information content (AvgIpc) is 2.62. The summed E-state index contributed by atoms with van der Waals surface area (Å²) in [7, 11) is -0.810. The van der Waals surface area contributed by atoms with Gasteiger partial charge < -0.3 is 11.1 Å². The minimum absolute atomic E-state index is 0.0540. The Hall–Kier alpha value is -1.20. The Bertz CT molecular complexity index is 556. The normalized spacial score (nSPS) is 16.5. The van der Waals surface area contributed by atoms with Gasteiger partial charge in [-0.1, -0.05) is 44.2 Å². The molecule has 5 heteroatoms. The van der Waals surface area contributed by atoms with Crippen LogP contribution in [0.1, 0.15) is 69.8 Å². The second-order valence-corrected chi connectivity index (χ2v) is 8.70. The van der Waals surface area contributed by atoms with Crippen molar-refractivity contribution in [3.63, 3.8) is 0 Å². The third-order valence-electron chi connectivity index (χ3n) is 4.80. The molecule has 0 saturated heterocycles. The summed E-state index contributed by atoms with van der Waals surface area (Å²) in [5.41, 5.74) is 7.32. The van der Waals surface area contributed by atoms with Gasteiger partial charge in [-0.3, -0.25) is 9.00 Å². The first-order chi connectivity index (χ1) is 12.2. The first-order valence-corrected chi connectivity index (χ1v) is 11.0. The number of nitrogens with one attached hydrogen (secondary N) is 1. The molecule has 0 aliphatic heterocycles. The van der Waals surface area contributed by atoms with Gasteiger partial charge in [-0.2, -0.15) is 0 Å². The van der Waals surface area contributed by atoms with Gasteiger partial charge in [0.2, 0.25) is 5.91 Å². The number of hydrogen-bond acceptors (Lipinski definition) is 3. The van der Waals surface area contributed by atoms with Gasteiger partial charge >= 0.3 is 0 Å². The van der Waals surface area contributed by atoms with Crippen molar-refractivity contribution in [1.29, 1.82) is 0 Å². The maximum Gasteiger partial charge on any atom is 0.224 e. The Morgan fingerprint density at radius 1 is 1.12 bits per heavy atom. The van der Waals surface area contributed by atoms with Gasteiger partial charge in [0, 0.05) is 33.9 Å². The van der Waals surface area contributed by atoms with E-state index in [-0.39, 0.29) is 5.91 Å². The Morgan fingerprint density at radius 2 is 1.88 bits per heavy atom. The average molecular weight is 365 g/mol. The van der Waals surface area contributed by atoms with Crippen molar-refractivity contribution >= 4 is 22.4 Å². The fraction of sp³-hybridized carbons (Fsp3) is 0.650. The predicted molar refractivity (Wildman–Crippen MR) is 106 cm³/mol. The second-order valence-electron chi connectivity index (χ2n) is 6.99. The molecule has 0 spiro atoms. The molecule has 1 amide bonds. The van der Waals surface area contributed by atoms with E-state index < -0.39 is 10.8 Å². The summed E-state index contributed by atoms with van der Waals surface area (Å²) < 4.78 is 12.5. The first-order valence-electron chi connectivity index (χ1n) is 9.65. The van der Waals surface area contributed by atoms with Crippen molar-refractivity contribution in [2.75, 3.05) is 11.9 Å². The number of carbonyl (C=O) groups excluding carboxylic acids is 1. The zero-order valence-corrected chi connectivity index (χ0v) is 16.0. The number of carbonyl (C=O) groups is 1. The van der Waals surface area contributed by atoms with Gasteiger partial charge in [0.25, 0.3) is 0 Å². The summed E-state index contributed by atoms with van der Waals surface area (Å²) >= 11 is 0. The summed E-state index contributed by atoms with van der Waals surface area (Å²) in [5, 5.41) is 3.31. The lowest BCUT2D eigenvalue weighted by Crippen LogP contribution is -2.19. The summed E-state index contributed by atoms with van der Waals surface area (Å²) in [6.45, 7) is 0.723. The molecule has 1 aromatic rings. The minimum Gasteiger partial charge on any atom is -0.330 e. The smallest absolute Gasteiger partial charge is 0.224 e. The standard InChI is InChI=1S/C20H32N2O2S/c21-14-7-2-1-6-13-20(23)22-18-10-8-9-17(15-18)16-25(24)19-11-4-3-5-12-19/h8-10,15,19H,1-7,11-14,16,21H2,(H,22,23). The molecule has 25 heavy (non-hydrogen) atoms. The zero-order valence-electron chi connectivity index (χ0n) is 15.2. The van der Waals surface area contributed by atoms with Gasteiger partial charge in [0.15, 0.2) is 0 Å². The van der Waals surface area contributed by atoms with Crippen LogP contribution >= 0.6 is 0 Å². The summed E-state index contributed by atoms with van der Waals surface area (Å²) in [5.74, 6) is 0.645. The van der Waals surface area contributed by atoms with Crippen LogP contribution in [0.2, 0.25) is 0 Å². The molecular weight excluding hydrogens is 332 g/mol. The summed E-state index contributed by atoms with van der Waals surface area (Å²) in [6.07, 6.45) is 10.5. The Balaban J connectivity index is 1.77. The van der Waals surface area contributed by atoms with E-state index in [1.54, 1.807) is 0 Å². The molecule has 3 N–H and O–H groups in total. The molecule has 0 heterocycles. The van der Waals surface area contributed by atoms with Gasteiger partial charge in [-0.15, -0.1) is 0 Å². The minimum atomic E-state index is -0.810. The lowest BCUT2D eigenvalue weighted by atomic mass is 10.0. The maximum absolute atomic E-state index is 12.5. The van der Waals surface area contributed by atoms with Crippen LogP contribution in [-0.2, 0) is 21.3 Å². The third-order valence-corrected chi connectivity index (χ3v) is 6.63. The highest BCUT2D eigenvalue weighted by molar-refractivity contribution is 7.84. The molecule has 1 saturated carbocycles. The third kappa shape index (κ3) is 7.70. The van der Waals surface area contributed by atoms with E-state index >= 15 is 0 Å². The molecular formula is C20H32N2O2S. The van der Waals surface area contributed by atoms with E-state index in [0.29, 0.717) is 17.4 Å². The molecule has 1 aliphatic carbocycles. The Morgan fingerprint density at radius 3 is 2.64 bits per heavy atom. The van der Waals surface area contributed by atoms with E-state index in [2.05, 4.69) is 5.32 Å². The summed E-state index contributed by atoms with van der Waals surface area (Å²) in [4.78, 5) is 12.0. The molecule has 0 aromatic heterocycles. The number of nitrogens with two attached hydrogens (primary N) is 1. The zero-order chi connectivity index (χ0) is 17.9. The molecule has 1 atom stereocenters. The van der Waals surface area contributed by atoms with E-state index in [0.717, 1.165) is 56.3 Å². The van der Waals surface area contributed by atoms with Gasteiger partial charge in [0.05, 0.1) is 0 Å². The van der Waals surface area contributed by atoms with Crippen molar-refractivity contribution in [3.05, 3.63) is 29.8 Å². The van der Waals surface area contributed by atoms with Crippen molar-refractivity contribution in [2.24, 2.45) is 5.73 Å². The largest absolute Gasteiger partial charge is 0.330 e. The SMILES string of the molecule is NCCCCCCC(=O)Nc1cccc(CS(=O)C2CCCCC2)c1. The molecule has 2 rings (SSSR count). The quantitative estimate of drug-likeness (QED) is 0.614. The number of anilines is 1. The molecule has 1 aliphatic rings. The molecule has 0 radical (unpaired) electrons.